The van der Waals surface area contributed by atoms with Gasteiger partial charge in [0.15, 0.2) is 15.8 Å². The van der Waals surface area contributed by atoms with E-state index >= 15 is 0 Å². The molecule has 0 radical (unpaired) electrons. The van der Waals surface area contributed by atoms with Gasteiger partial charge in [0.05, 0.1) is 18.2 Å². The van der Waals surface area contributed by atoms with Crippen molar-refractivity contribution in [1.82, 2.24) is 10.2 Å². The number of fused-ring (bicyclic) bond motifs is 1. The monoisotopic (exact) mass is 663 g/mol. The number of rotatable bonds is 10. The van der Waals surface area contributed by atoms with E-state index in [1.54, 1.807) is 36.4 Å². The Labute approximate surface area is 273 Å². The highest BCUT2D eigenvalue weighted by Gasteiger charge is 2.48. The molecule has 1 N–H and O–H groups in total. The second-order valence-corrected chi connectivity index (χ2v) is 13.5. The van der Waals surface area contributed by atoms with E-state index in [9.17, 15) is 14.7 Å². The molecule has 0 saturated carbocycles. The molecule has 1 atom stereocenters. The number of ether oxygens (including phenoxy) is 3. The number of carbonyl (C=O) groups is 2. The molecule has 1 fully saturated rings. The topological polar surface area (TPSA) is 111 Å². The summed E-state index contributed by atoms with van der Waals surface area (Å²) in [6.45, 7) is 5.54. The van der Waals surface area contributed by atoms with Crippen LogP contribution in [-0.4, -0.2) is 46.8 Å². The lowest BCUT2D eigenvalue weighted by atomic mass is 9.95. The zero-order chi connectivity index (χ0) is 31.5. The molecule has 0 aliphatic carbocycles. The third kappa shape index (κ3) is 6.80. The maximum Gasteiger partial charge on any atom is 0.301 e. The number of thioether (sulfide) groups is 1. The first-order valence-electron chi connectivity index (χ1n) is 14.4. The molecule has 45 heavy (non-hydrogen) atoms. The normalized spacial score (nSPS) is 17.2. The number of carbonyl (C=O) groups excluding carboxylic acids is 2. The van der Waals surface area contributed by atoms with Crippen molar-refractivity contribution in [1.29, 1.82) is 0 Å². The summed E-state index contributed by atoms with van der Waals surface area (Å²) in [5.74, 6) is 0.700. The molecule has 9 nitrogen and oxygen atoms in total. The van der Waals surface area contributed by atoms with Gasteiger partial charge in [-0.05, 0) is 65.9 Å². The smallest absolute Gasteiger partial charge is 0.301 e. The maximum atomic E-state index is 13.7. The average Bonchev–Trinajstić information content (AvgIpc) is 3.61. The minimum atomic E-state index is -0.978. The predicted octanol–water partition coefficient (Wildman–Crippen LogP) is 7.31. The molecule has 0 unspecified atom stereocenters. The fourth-order valence-corrected chi connectivity index (χ4v) is 6.91. The number of anilines is 1. The van der Waals surface area contributed by atoms with Crippen LogP contribution in [0.4, 0.5) is 5.13 Å². The molecular formula is C33H30ClN3O6S2. The van der Waals surface area contributed by atoms with E-state index in [4.69, 9.17) is 25.8 Å². The second-order valence-electron chi connectivity index (χ2n) is 10.9. The molecule has 0 bridgehead atoms. The standard InChI is InChI=1S/C33H30ClN3O6S2/c1-19(2)12-13-41-24-5-3-4-21(16-24)28-27(29(38)22-8-11-25-26(17-22)43-15-14-42-25)30(39)31(40)37(28)32-35-36-33(45-32)44-18-20-6-9-23(34)10-7-20/h3-11,16-17,19,28,38H,12-15,18H2,1-2H3/t28-/m0/s1. The Morgan fingerprint density at radius 3 is 2.62 bits per heavy atom. The van der Waals surface area contributed by atoms with Crippen molar-refractivity contribution >= 4 is 57.3 Å². The summed E-state index contributed by atoms with van der Waals surface area (Å²) < 4.78 is 17.9. The molecule has 3 aromatic carbocycles. The van der Waals surface area contributed by atoms with Crippen LogP contribution < -0.4 is 19.1 Å². The summed E-state index contributed by atoms with van der Waals surface area (Å²) in [4.78, 5) is 28.7. The van der Waals surface area contributed by atoms with Crippen LogP contribution in [0, 0.1) is 5.92 Å². The van der Waals surface area contributed by atoms with Gasteiger partial charge in [-0.2, -0.15) is 0 Å². The predicted molar refractivity (Wildman–Crippen MR) is 175 cm³/mol. The molecule has 232 valence electrons. The molecular weight excluding hydrogens is 634 g/mol. The summed E-state index contributed by atoms with van der Waals surface area (Å²) in [5, 5.41) is 21.1. The van der Waals surface area contributed by atoms with Crippen molar-refractivity contribution < 1.29 is 28.9 Å². The lowest BCUT2D eigenvalue weighted by molar-refractivity contribution is -0.132. The molecule has 0 spiro atoms. The summed E-state index contributed by atoms with van der Waals surface area (Å²) >= 11 is 8.68. The van der Waals surface area contributed by atoms with Gasteiger partial charge in [-0.1, -0.05) is 72.8 Å². The van der Waals surface area contributed by atoms with E-state index in [0.717, 1.165) is 12.0 Å². The number of benzene rings is 3. The van der Waals surface area contributed by atoms with Crippen LogP contribution in [0.5, 0.6) is 17.2 Å². The lowest BCUT2D eigenvalue weighted by Gasteiger charge is -2.23. The van der Waals surface area contributed by atoms with Crippen molar-refractivity contribution in [3.63, 3.8) is 0 Å². The van der Waals surface area contributed by atoms with Crippen molar-refractivity contribution in [2.75, 3.05) is 24.7 Å². The fourth-order valence-electron chi connectivity index (χ4n) is 4.96. The largest absolute Gasteiger partial charge is 0.507 e. The molecule has 12 heteroatoms. The number of hydrogen-bond acceptors (Lipinski definition) is 10. The van der Waals surface area contributed by atoms with Crippen LogP contribution in [0.2, 0.25) is 5.02 Å². The molecule has 1 aromatic heterocycles. The molecule has 4 aromatic rings. The van der Waals surface area contributed by atoms with Crippen LogP contribution in [0.25, 0.3) is 5.76 Å². The average molecular weight is 664 g/mol. The zero-order valence-corrected chi connectivity index (χ0v) is 27.0. The van der Waals surface area contributed by atoms with E-state index in [0.29, 0.717) is 69.2 Å². The van der Waals surface area contributed by atoms with Crippen LogP contribution >= 0.6 is 34.7 Å². The Morgan fingerprint density at radius 2 is 1.84 bits per heavy atom. The third-order valence-electron chi connectivity index (χ3n) is 7.28. The molecule has 6 rings (SSSR count). The number of aliphatic hydroxyl groups is 1. The van der Waals surface area contributed by atoms with Gasteiger partial charge >= 0.3 is 5.91 Å². The Morgan fingerprint density at radius 1 is 1.07 bits per heavy atom. The van der Waals surface area contributed by atoms with Crippen molar-refractivity contribution in [3.05, 3.63) is 94.0 Å². The van der Waals surface area contributed by atoms with Crippen LogP contribution in [0.1, 0.15) is 43.0 Å². The van der Waals surface area contributed by atoms with Gasteiger partial charge in [-0.25, -0.2) is 0 Å². The van der Waals surface area contributed by atoms with E-state index in [1.807, 2.05) is 30.3 Å². The van der Waals surface area contributed by atoms with Crippen LogP contribution in [-0.2, 0) is 15.3 Å². The summed E-state index contributed by atoms with van der Waals surface area (Å²) in [6, 6.07) is 18.7. The van der Waals surface area contributed by atoms with Crippen LogP contribution in [0.15, 0.2) is 76.6 Å². The van der Waals surface area contributed by atoms with E-state index in [2.05, 4.69) is 24.0 Å². The molecule has 1 amide bonds. The summed E-state index contributed by atoms with van der Waals surface area (Å²) in [6.07, 6.45) is 0.869. The first-order valence-corrected chi connectivity index (χ1v) is 16.6. The highest BCUT2D eigenvalue weighted by atomic mass is 35.5. The SMILES string of the molecule is CC(C)CCOc1cccc([C@H]2C(=C(O)c3ccc4c(c3)OCCO4)C(=O)C(=O)N2c2nnc(SCc3ccc(Cl)cc3)s2)c1. The van der Waals surface area contributed by atoms with Crippen molar-refractivity contribution in [3.8, 4) is 17.2 Å². The number of ketones is 1. The molecule has 1 saturated heterocycles. The number of nitrogens with zero attached hydrogens (tertiary/aromatic N) is 3. The van der Waals surface area contributed by atoms with E-state index in [-0.39, 0.29) is 16.5 Å². The van der Waals surface area contributed by atoms with Crippen LogP contribution in [0.3, 0.4) is 0 Å². The minimum Gasteiger partial charge on any atom is -0.507 e. The second kappa shape index (κ2) is 13.5. The Hall–Kier alpha value is -4.06. The van der Waals surface area contributed by atoms with Gasteiger partial charge in [-0.3, -0.25) is 14.5 Å². The number of hydrogen-bond donors (Lipinski definition) is 1. The minimum absolute atomic E-state index is 0.0680. The van der Waals surface area contributed by atoms with Gasteiger partial charge in [-0.15, -0.1) is 10.2 Å². The third-order valence-corrected chi connectivity index (χ3v) is 9.65. The number of halogens is 1. The number of aliphatic hydroxyl groups excluding tert-OH is 1. The number of aromatic nitrogens is 2. The van der Waals surface area contributed by atoms with Gasteiger partial charge in [0, 0.05) is 16.3 Å². The van der Waals surface area contributed by atoms with E-state index in [1.165, 1.54) is 28.0 Å². The Balaban J connectivity index is 1.37. The first kappa shape index (κ1) is 30.9. The maximum absolute atomic E-state index is 13.7. The number of Topliss-reactive ketones (excluding diaryl/α,β-unsaturated/α-hetero) is 1. The summed E-state index contributed by atoms with van der Waals surface area (Å²) in [7, 11) is 0. The molecule has 3 heterocycles. The van der Waals surface area contributed by atoms with Crippen molar-refractivity contribution in [2.45, 2.75) is 36.4 Å². The van der Waals surface area contributed by atoms with Gasteiger partial charge in [0.25, 0.3) is 5.78 Å². The van der Waals surface area contributed by atoms with Crippen molar-refractivity contribution in [2.24, 2.45) is 5.92 Å². The molecule has 2 aliphatic heterocycles. The highest BCUT2D eigenvalue weighted by Crippen LogP contribution is 2.45. The van der Waals surface area contributed by atoms with Gasteiger partial charge < -0.3 is 19.3 Å². The first-order chi connectivity index (χ1) is 21.8. The van der Waals surface area contributed by atoms with E-state index < -0.39 is 17.7 Å². The van der Waals surface area contributed by atoms with Gasteiger partial charge in [0.2, 0.25) is 5.13 Å². The Bertz CT molecular complexity index is 1760. The van der Waals surface area contributed by atoms with Gasteiger partial charge in [0.1, 0.15) is 24.7 Å². The fraction of sp³-hybridized carbons (Fsp3) is 0.273. The highest BCUT2D eigenvalue weighted by molar-refractivity contribution is 8.00. The lowest BCUT2D eigenvalue weighted by Crippen LogP contribution is -2.29. The number of amides is 1. The zero-order valence-electron chi connectivity index (χ0n) is 24.6. The summed E-state index contributed by atoms with van der Waals surface area (Å²) in [5.41, 5.74) is 1.89. The molecule has 2 aliphatic rings. The Kier molecular flexibility index (Phi) is 9.29. The quantitative estimate of drug-likeness (QED) is 0.0614.